The van der Waals surface area contributed by atoms with Crippen LogP contribution in [0.2, 0.25) is 0 Å². The highest BCUT2D eigenvalue weighted by Crippen LogP contribution is 1.91. The maximum Gasteiger partial charge on any atom is 0.220 e. The Balaban J connectivity index is 1.77. The summed E-state index contributed by atoms with van der Waals surface area (Å²) in [5.74, 6) is 0.100. The van der Waals surface area contributed by atoms with Crippen LogP contribution in [0.3, 0.4) is 0 Å². The van der Waals surface area contributed by atoms with Crippen LogP contribution in [0.4, 0.5) is 0 Å². The number of carbonyl (C=O) groups excluding carboxylic acids is 1. The van der Waals surface area contributed by atoms with Gasteiger partial charge in [-0.1, -0.05) is 6.92 Å². The molecule has 0 radical (unpaired) electrons. The molecule has 0 aliphatic carbocycles. The summed E-state index contributed by atoms with van der Waals surface area (Å²) in [7, 11) is 0. The van der Waals surface area contributed by atoms with Crippen molar-refractivity contribution in [2.75, 3.05) is 65.7 Å². The molecule has 0 aromatic carbocycles. The van der Waals surface area contributed by atoms with Crippen LogP contribution in [-0.2, 0) is 14.3 Å². The first-order chi connectivity index (χ1) is 9.83. The van der Waals surface area contributed by atoms with E-state index in [0.29, 0.717) is 32.8 Å². The largest absolute Gasteiger partial charge is 0.378 e. The molecule has 0 atom stereocenters. The van der Waals surface area contributed by atoms with Gasteiger partial charge in [-0.25, -0.2) is 0 Å². The average Bonchev–Trinajstić information content (AvgIpc) is 2.47. The minimum absolute atomic E-state index is 0.100. The van der Waals surface area contributed by atoms with Crippen molar-refractivity contribution in [1.82, 2.24) is 15.5 Å². The summed E-state index contributed by atoms with van der Waals surface area (Å²) in [5, 5.41) is 6.14. The van der Waals surface area contributed by atoms with E-state index in [1.54, 1.807) is 0 Å². The fourth-order valence-corrected chi connectivity index (χ4v) is 2.03. The third kappa shape index (κ3) is 9.25. The maximum absolute atomic E-state index is 11.2. The van der Waals surface area contributed by atoms with E-state index in [4.69, 9.17) is 9.47 Å². The van der Waals surface area contributed by atoms with E-state index in [0.717, 1.165) is 45.8 Å². The molecule has 1 saturated heterocycles. The van der Waals surface area contributed by atoms with Crippen molar-refractivity contribution in [3.8, 4) is 0 Å². The van der Waals surface area contributed by atoms with Crippen LogP contribution in [0.5, 0.6) is 0 Å². The van der Waals surface area contributed by atoms with Gasteiger partial charge in [0.1, 0.15) is 0 Å². The number of nitrogens with zero attached hydrogens (tertiary/aromatic N) is 1. The number of nitrogens with one attached hydrogen (secondary N) is 2. The standard InChI is InChI=1S/C14H29N3O3/c1-2-3-14(18)16-6-10-19-12-13-20-11-9-17-7-4-15-5-8-17/h15H,2-13H2,1H3,(H,16,18). The molecule has 1 amide bonds. The number of hydrogen-bond acceptors (Lipinski definition) is 5. The van der Waals surface area contributed by atoms with E-state index in [1.165, 1.54) is 0 Å². The molecule has 1 aliphatic heterocycles. The Hall–Kier alpha value is -0.690. The molecule has 0 aromatic heterocycles. The Kier molecular flexibility index (Phi) is 10.5. The van der Waals surface area contributed by atoms with E-state index < -0.39 is 0 Å². The number of amides is 1. The summed E-state index contributed by atoms with van der Waals surface area (Å²) in [4.78, 5) is 13.6. The third-order valence-electron chi connectivity index (χ3n) is 3.18. The SMILES string of the molecule is CCCC(=O)NCCOCCOCCN1CCNCC1. The van der Waals surface area contributed by atoms with Gasteiger partial charge in [0.05, 0.1) is 26.4 Å². The lowest BCUT2D eigenvalue weighted by Gasteiger charge is -2.26. The lowest BCUT2D eigenvalue weighted by molar-refractivity contribution is -0.121. The Bertz CT molecular complexity index is 246. The van der Waals surface area contributed by atoms with Crippen molar-refractivity contribution in [3.05, 3.63) is 0 Å². The van der Waals surface area contributed by atoms with Crippen molar-refractivity contribution in [3.63, 3.8) is 0 Å². The monoisotopic (exact) mass is 287 g/mol. The first kappa shape index (κ1) is 17.4. The Labute approximate surface area is 122 Å². The molecule has 20 heavy (non-hydrogen) atoms. The highest BCUT2D eigenvalue weighted by Gasteiger charge is 2.08. The summed E-state index contributed by atoms with van der Waals surface area (Å²) >= 11 is 0. The Morgan fingerprint density at radius 2 is 1.85 bits per heavy atom. The smallest absolute Gasteiger partial charge is 0.220 e. The molecule has 0 bridgehead atoms. The van der Waals surface area contributed by atoms with Crippen molar-refractivity contribution in [2.24, 2.45) is 0 Å². The van der Waals surface area contributed by atoms with Gasteiger partial charge in [-0.2, -0.15) is 0 Å². The molecule has 0 saturated carbocycles. The minimum Gasteiger partial charge on any atom is -0.378 e. The molecule has 1 heterocycles. The normalized spacial score (nSPS) is 16.2. The molecule has 1 aliphatic rings. The zero-order chi connectivity index (χ0) is 14.5. The van der Waals surface area contributed by atoms with Crippen molar-refractivity contribution in [1.29, 1.82) is 0 Å². The number of hydrogen-bond donors (Lipinski definition) is 2. The van der Waals surface area contributed by atoms with Gasteiger partial charge in [-0.15, -0.1) is 0 Å². The van der Waals surface area contributed by atoms with Crippen LogP contribution in [0.25, 0.3) is 0 Å². The molecule has 2 N–H and O–H groups in total. The predicted octanol–water partition coefficient (Wildman–Crippen LogP) is -0.159. The first-order valence-corrected chi connectivity index (χ1v) is 7.68. The molecule has 118 valence electrons. The first-order valence-electron chi connectivity index (χ1n) is 7.68. The number of rotatable bonds is 11. The molecule has 0 unspecified atom stereocenters. The van der Waals surface area contributed by atoms with E-state index in [1.807, 2.05) is 6.92 Å². The second-order valence-electron chi connectivity index (χ2n) is 4.92. The lowest BCUT2D eigenvalue weighted by atomic mass is 10.3. The van der Waals surface area contributed by atoms with Gasteiger partial charge in [-0.3, -0.25) is 9.69 Å². The molecule has 1 rings (SSSR count). The second kappa shape index (κ2) is 12.1. The lowest BCUT2D eigenvalue weighted by Crippen LogP contribution is -2.44. The van der Waals surface area contributed by atoms with Crippen molar-refractivity contribution in [2.45, 2.75) is 19.8 Å². The zero-order valence-electron chi connectivity index (χ0n) is 12.7. The molecule has 6 heteroatoms. The fourth-order valence-electron chi connectivity index (χ4n) is 2.03. The Morgan fingerprint density at radius 3 is 2.55 bits per heavy atom. The van der Waals surface area contributed by atoms with E-state index in [-0.39, 0.29) is 5.91 Å². The second-order valence-corrected chi connectivity index (χ2v) is 4.92. The van der Waals surface area contributed by atoms with Crippen molar-refractivity contribution >= 4 is 5.91 Å². The van der Waals surface area contributed by atoms with Crippen LogP contribution in [0.15, 0.2) is 0 Å². The summed E-state index contributed by atoms with van der Waals surface area (Å²) in [6.45, 7) is 10.5. The van der Waals surface area contributed by atoms with Gasteiger partial charge < -0.3 is 20.1 Å². The summed E-state index contributed by atoms with van der Waals surface area (Å²) in [5.41, 5.74) is 0. The number of ether oxygens (including phenoxy) is 2. The van der Waals surface area contributed by atoms with E-state index in [9.17, 15) is 4.79 Å². The topological polar surface area (TPSA) is 62.8 Å². The van der Waals surface area contributed by atoms with Crippen LogP contribution in [0, 0.1) is 0 Å². The van der Waals surface area contributed by atoms with Gasteiger partial charge in [0.25, 0.3) is 0 Å². The quantitative estimate of drug-likeness (QED) is 0.517. The average molecular weight is 287 g/mol. The molecular formula is C14H29N3O3. The maximum atomic E-state index is 11.2. The predicted molar refractivity (Wildman–Crippen MR) is 78.9 cm³/mol. The fraction of sp³-hybridized carbons (Fsp3) is 0.929. The van der Waals surface area contributed by atoms with E-state index in [2.05, 4.69) is 15.5 Å². The number of piperazine rings is 1. The zero-order valence-corrected chi connectivity index (χ0v) is 12.7. The third-order valence-corrected chi connectivity index (χ3v) is 3.18. The van der Waals surface area contributed by atoms with Crippen LogP contribution in [0.1, 0.15) is 19.8 Å². The number of carbonyl (C=O) groups is 1. The van der Waals surface area contributed by atoms with Gasteiger partial charge in [0.2, 0.25) is 5.91 Å². The summed E-state index contributed by atoms with van der Waals surface area (Å²) in [6.07, 6.45) is 1.47. The highest BCUT2D eigenvalue weighted by atomic mass is 16.5. The van der Waals surface area contributed by atoms with Crippen LogP contribution in [-0.4, -0.2) is 76.5 Å². The van der Waals surface area contributed by atoms with Crippen molar-refractivity contribution < 1.29 is 14.3 Å². The van der Waals surface area contributed by atoms with Gasteiger partial charge in [-0.05, 0) is 6.42 Å². The van der Waals surface area contributed by atoms with E-state index >= 15 is 0 Å². The Morgan fingerprint density at radius 1 is 1.15 bits per heavy atom. The van der Waals surface area contributed by atoms with Crippen LogP contribution < -0.4 is 10.6 Å². The molecule has 6 nitrogen and oxygen atoms in total. The molecule has 1 fully saturated rings. The van der Waals surface area contributed by atoms with Gasteiger partial charge >= 0.3 is 0 Å². The molecule has 0 aromatic rings. The highest BCUT2D eigenvalue weighted by molar-refractivity contribution is 5.75. The van der Waals surface area contributed by atoms with Crippen LogP contribution >= 0.6 is 0 Å². The summed E-state index contributed by atoms with van der Waals surface area (Å²) < 4.78 is 10.9. The summed E-state index contributed by atoms with van der Waals surface area (Å²) in [6, 6.07) is 0. The van der Waals surface area contributed by atoms with Gasteiger partial charge in [0, 0.05) is 45.7 Å². The van der Waals surface area contributed by atoms with Gasteiger partial charge in [0.15, 0.2) is 0 Å². The minimum atomic E-state index is 0.100. The molecular weight excluding hydrogens is 258 g/mol. The molecule has 0 spiro atoms.